The van der Waals surface area contributed by atoms with Gasteiger partial charge < -0.3 is 5.32 Å². The minimum Gasteiger partial charge on any atom is -0.316 e. The van der Waals surface area contributed by atoms with Crippen molar-refractivity contribution >= 4 is 0 Å². The van der Waals surface area contributed by atoms with Crippen molar-refractivity contribution in [1.82, 2.24) is 5.32 Å². The normalized spacial score (nSPS) is 18.1. The summed E-state index contributed by atoms with van der Waals surface area (Å²) in [6.45, 7) is 3.98. The smallest absolute Gasteiger partial charge is 0.316 e. The molecule has 0 aliphatic heterocycles. The van der Waals surface area contributed by atoms with Gasteiger partial charge in [0.05, 0.1) is 5.56 Å². The summed E-state index contributed by atoms with van der Waals surface area (Å²) in [6.07, 6.45) is 0.197. The molecule has 0 amide bonds. The van der Waals surface area contributed by atoms with Crippen LogP contribution in [0.4, 0.5) is 13.2 Å². The van der Waals surface area contributed by atoms with Crippen LogP contribution in [-0.2, 0) is 12.6 Å². The highest BCUT2D eigenvalue weighted by molar-refractivity contribution is 5.26. The maximum Gasteiger partial charge on any atom is 0.416 e. The first-order valence-electron chi connectivity index (χ1n) is 6.82. The van der Waals surface area contributed by atoms with E-state index in [1.165, 1.54) is 31.4 Å². The van der Waals surface area contributed by atoms with Crippen LogP contribution >= 0.6 is 0 Å². The molecular formula is C15H20F3N. The molecule has 1 nitrogen and oxygen atoms in total. The number of alkyl halides is 3. The van der Waals surface area contributed by atoms with Gasteiger partial charge in [0.2, 0.25) is 0 Å². The van der Waals surface area contributed by atoms with Crippen LogP contribution in [0.2, 0.25) is 0 Å². The van der Waals surface area contributed by atoms with E-state index in [0.717, 1.165) is 25.1 Å². The summed E-state index contributed by atoms with van der Waals surface area (Å²) in [5.74, 6) is 0. The first-order valence-corrected chi connectivity index (χ1v) is 6.82. The van der Waals surface area contributed by atoms with Crippen molar-refractivity contribution in [2.75, 3.05) is 13.1 Å². The molecule has 19 heavy (non-hydrogen) atoms. The van der Waals surface area contributed by atoms with Crippen LogP contribution in [0.5, 0.6) is 0 Å². The molecule has 106 valence electrons. The highest BCUT2D eigenvalue weighted by atomic mass is 19.4. The number of hydrogen-bond acceptors (Lipinski definition) is 1. The van der Waals surface area contributed by atoms with Crippen molar-refractivity contribution in [3.8, 4) is 0 Å². The Morgan fingerprint density at radius 1 is 1.16 bits per heavy atom. The second-order valence-electron chi connectivity index (χ2n) is 5.51. The fourth-order valence-electron chi connectivity index (χ4n) is 2.73. The predicted octanol–water partition coefficient (Wildman–Crippen LogP) is 4.03. The lowest BCUT2D eigenvalue weighted by Crippen LogP contribution is -2.41. The number of nitrogens with one attached hydrogen (secondary N) is 1. The summed E-state index contributed by atoms with van der Waals surface area (Å²) in [4.78, 5) is 0. The van der Waals surface area contributed by atoms with E-state index in [1.54, 1.807) is 12.1 Å². The summed E-state index contributed by atoms with van der Waals surface area (Å²) < 4.78 is 37.5. The average molecular weight is 271 g/mol. The lowest BCUT2D eigenvalue weighted by molar-refractivity contribution is -0.137. The van der Waals surface area contributed by atoms with Crippen LogP contribution in [0.25, 0.3) is 0 Å². The molecule has 0 spiro atoms. The molecule has 1 aromatic rings. The highest BCUT2D eigenvalue weighted by Crippen LogP contribution is 2.43. The fraction of sp³-hybridized carbons (Fsp3) is 0.600. The Bertz CT molecular complexity index is 404. The van der Waals surface area contributed by atoms with Gasteiger partial charge in [-0.25, -0.2) is 0 Å². The summed E-state index contributed by atoms with van der Waals surface area (Å²) in [5, 5.41) is 3.37. The molecule has 0 radical (unpaired) electrons. The zero-order chi connectivity index (χ0) is 13.9. The Morgan fingerprint density at radius 3 is 2.21 bits per heavy atom. The molecule has 1 aliphatic carbocycles. The molecule has 1 aromatic carbocycles. The van der Waals surface area contributed by atoms with Gasteiger partial charge in [0.25, 0.3) is 0 Å². The zero-order valence-corrected chi connectivity index (χ0v) is 11.2. The van der Waals surface area contributed by atoms with E-state index >= 15 is 0 Å². The molecule has 1 saturated carbocycles. The summed E-state index contributed by atoms with van der Waals surface area (Å²) in [5.41, 5.74) is 0.701. The molecule has 0 saturated heterocycles. The van der Waals surface area contributed by atoms with Crippen molar-refractivity contribution in [2.24, 2.45) is 5.41 Å². The van der Waals surface area contributed by atoms with E-state index in [2.05, 4.69) is 12.2 Å². The predicted molar refractivity (Wildman–Crippen MR) is 70.0 cm³/mol. The maximum atomic E-state index is 12.5. The van der Waals surface area contributed by atoms with Crippen molar-refractivity contribution < 1.29 is 13.2 Å². The summed E-state index contributed by atoms with van der Waals surface area (Å²) >= 11 is 0. The second-order valence-corrected chi connectivity index (χ2v) is 5.51. The zero-order valence-electron chi connectivity index (χ0n) is 11.2. The first kappa shape index (κ1) is 14.4. The number of halogens is 3. The molecule has 0 bridgehead atoms. The molecule has 4 heteroatoms. The Kier molecular flexibility index (Phi) is 4.19. The molecule has 0 aromatic heterocycles. The monoisotopic (exact) mass is 271 g/mol. The molecule has 2 rings (SSSR count). The third-order valence-corrected chi connectivity index (χ3v) is 4.02. The first-order chi connectivity index (χ1) is 8.95. The van der Waals surface area contributed by atoms with E-state index in [-0.39, 0.29) is 5.41 Å². The number of rotatable bonds is 5. The van der Waals surface area contributed by atoms with Gasteiger partial charge in [-0.3, -0.25) is 0 Å². The van der Waals surface area contributed by atoms with Crippen molar-refractivity contribution in [1.29, 1.82) is 0 Å². The van der Waals surface area contributed by atoms with Gasteiger partial charge in [-0.15, -0.1) is 0 Å². The molecule has 1 aliphatic rings. The third kappa shape index (κ3) is 3.50. The van der Waals surface area contributed by atoms with E-state index in [9.17, 15) is 13.2 Å². The van der Waals surface area contributed by atoms with Crippen molar-refractivity contribution in [3.05, 3.63) is 35.4 Å². The van der Waals surface area contributed by atoms with Gasteiger partial charge >= 0.3 is 6.18 Å². The van der Waals surface area contributed by atoms with Gasteiger partial charge in [0.1, 0.15) is 0 Å². The van der Waals surface area contributed by atoms with Gasteiger partial charge in [-0.1, -0.05) is 25.5 Å². The van der Waals surface area contributed by atoms with E-state index in [0.29, 0.717) is 0 Å². The largest absolute Gasteiger partial charge is 0.416 e. The minimum absolute atomic E-state index is 0.260. The number of hydrogen-bond donors (Lipinski definition) is 1. The van der Waals surface area contributed by atoms with Crippen LogP contribution in [0.15, 0.2) is 24.3 Å². The molecule has 0 unspecified atom stereocenters. The third-order valence-electron chi connectivity index (χ3n) is 4.02. The molecule has 1 fully saturated rings. The Labute approximate surface area is 112 Å². The lowest BCUT2D eigenvalue weighted by atomic mass is 9.65. The van der Waals surface area contributed by atoms with Crippen LogP contribution in [0.1, 0.15) is 37.3 Å². The average Bonchev–Trinajstić information content (AvgIpc) is 2.32. The Hall–Kier alpha value is -1.03. The van der Waals surface area contributed by atoms with Crippen LogP contribution < -0.4 is 5.32 Å². The van der Waals surface area contributed by atoms with Crippen molar-refractivity contribution in [3.63, 3.8) is 0 Å². The Balaban J connectivity index is 2.02. The minimum atomic E-state index is -4.24. The number of benzene rings is 1. The summed E-state index contributed by atoms with van der Waals surface area (Å²) in [7, 11) is 0. The lowest BCUT2D eigenvalue weighted by Gasteiger charge is -2.42. The topological polar surface area (TPSA) is 12.0 Å². The van der Waals surface area contributed by atoms with Gasteiger partial charge in [0, 0.05) is 6.54 Å². The second kappa shape index (κ2) is 5.53. The molecule has 0 atom stereocenters. The highest BCUT2D eigenvalue weighted by Gasteiger charge is 2.36. The van der Waals surface area contributed by atoms with Crippen LogP contribution in [0, 0.1) is 5.41 Å². The molecule has 1 N–H and O–H groups in total. The standard InChI is InChI=1S/C15H20F3N/c1-2-19-11-14(8-3-9-14)10-12-4-6-13(7-5-12)15(16,17)18/h4-7,19H,2-3,8-11H2,1H3. The van der Waals surface area contributed by atoms with Crippen LogP contribution in [-0.4, -0.2) is 13.1 Å². The SMILES string of the molecule is CCNCC1(Cc2ccc(C(F)(F)F)cc2)CCC1. The quantitative estimate of drug-likeness (QED) is 0.852. The maximum absolute atomic E-state index is 12.5. The van der Waals surface area contributed by atoms with E-state index < -0.39 is 11.7 Å². The van der Waals surface area contributed by atoms with E-state index in [1.807, 2.05) is 0 Å². The van der Waals surface area contributed by atoms with Gasteiger partial charge in [-0.05, 0) is 48.9 Å². The fourth-order valence-corrected chi connectivity index (χ4v) is 2.73. The molecule has 0 heterocycles. The molecular weight excluding hydrogens is 251 g/mol. The summed E-state index contributed by atoms with van der Waals surface area (Å²) in [6, 6.07) is 5.62. The van der Waals surface area contributed by atoms with Crippen LogP contribution in [0.3, 0.4) is 0 Å². The van der Waals surface area contributed by atoms with Crippen molar-refractivity contribution in [2.45, 2.75) is 38.8 Å². The van der Waals surface area contributed by atoms with Gasteiger partial charge in [0.15, 0.2) is 0 Å². The Morgan fingerprint density at radius 2 is 1.79 bits per heavy atom. The van der Waals surface area contributed by atoms with E-state index in [4.69, 9.17) is 0 Å². The van der Waals surface area contributed by atoms with Gasteiger partial charge in [-0.2, -0.15) is 13.2 Å².